The van der Waals surface area contributed by atoms with Crippen LogP contribution >= 0.6 is 0 Å². The summed E-state index contributed by atoms with van der Waals surface area (Å²) in [5, 5.41) is 11.9. The van der Waals surface area contributed by atoms with Crippen LogP contribution in [-0.4, -0.2) is 0 Å². The van der Waals surface area contributed by atoms with E-state index >= 15 is 0 Å². The number of furan rings is 1. The molecule has 0 radical (unpaired) electrons. The van der Waals surface area contributed by atoms with E-state index in [1.54, 1.807) is 0 Å². The van der Waals surface area contributed by atoms with Crippen molar-refractivity contribution in [2.75, 3.05) is 4.90 Å². The maximum atomic E-state index is 6.72. The monoisotopic (exact) mass is 839 g/mol. The van der Waals surface area contributed by atoms with Crippen molar-refractivity contribution in [3.05, 3.63) is 249 Å². The smallest absolute Gasteiger partial charge is 0.143 e. The third-order valence-electron chi connectivity index (χ3n) is 13.4. The highest BCUT2D eigenvalue weighted by Crippen LogP contribution is 2.48. The van der Waals surface area contributed by atoms with Crippen LogP contribution in [0, 0.1) is 0 Å². The van der Waals surface area contributed by atoms with Gasteiger partial charge in [-0.2, -0.15) is 0 Å². The second-order valence-electron chi connectivity index (χ2n) is 17.2. The van der Waals surface area contributed by atoms with Crippen LogP contribution in [-0.2, 0) is 0 Å². The fourth-order valence-corrected chi connectivity index (χ4v) is 10.4. The van der Waals surface area contributed by atoms with Crippen LogP contribution in [0.3, 0.4) is 0 Å². The largest absolute Gasteiger partial charge is 0.455 e. The van der Waals surface area contributed by atoms with Crippen molar-refractivity contribution in [2.24, 2.45) is 0 Å². The summed E-state index contributed by atoms with van der Waals surface area (Å²) < 4.78 is 6.72. The van der Waals surface area contributed by atoms with Crippen molar-refractivity contribution in [1.29, 1.82) is 0 Å². The number of anilines is 3. The molecule has 0 N–H and O–H groups in total. The Labute approximate surface area is 382 Å². The zero-order valence-electron chi connectivity index (χ0n) is 36.0. The predicted octanol–water partition coefficient (Wildman–Crippen LogP) is 18.3. The molecule has 1 aromatic heterocycles. The van der Waals surface area contributed by atoms with Gasteiger partial charge in [-0.05, 0) is 125 Å². The Hall–Kier alpha value is -8.72. The van der Waals surface area contributed by atoms with Gasteiger partial charge in [0.25, 0.3) is 0 Å². The van der Waals surface area contributed by atoms with Crippen molar-refractivity contribution in [2.45, 2.75) is 0 Å². The minimum Gasteiger partial charge on any atom is -0.455 e. The average Bonchev–Trinajstić information content (AvgIpc) is 3.79. The molecule has 308 valence electrons. The van der Waals surface area contributed by atoms with Gasteiger partial charge in [-0.1, -0.05) is 200 Å². The summed E-state index contributed by atoms with van der Waals surface area (Å²) in [4.78, 5) is 2.43. The molecular formula is C64H41NO. The number of hydrogen-bond acceptors (Lipinski definition) is 2. The van der Waals surface area contributed by atoms with Crippen molar-refractivity contribution in [3.63, 3.8) is 0 Å². The van der Waals surface area contributed by atoms with E-state index in [0.717, 1.165) is 66.6 Å². The van der Waals surface area contributed by atoms with Gasteiger partial charge in [0.15, 0.2) is 0 Å². The van der Waals surface area contributed by atoms with Gasteiger partial charge >= 0.3 is 0 Å². The Balaban J connectivity index is 1.03. The van der Waals surface area contributed by atoms with Gasteiger partial charge in [-0.3, -0.25) is 0 Å². The summed E-state index contributed by atoms with van der Waals surface area (Å²) >= 11 is 0. The van der Waals surface area contributed by atoms with E-state index in [9.17, 15) is 0 Å². The predicted molar refractivity (Wildman–Crippen MR) is 280 cm³/mol. The van der Waals surface area contributed by atoms with Crippen molar-refractivity contribution < 1.29 is 4.42 Å². The molecular weight excluding hydrogens is 799 g/mol. The van der Waals surface area contributed by atoms with Crippen molar-refractivity contribution in [1.82, 2.24) is 0 Å². The molecule has 2 nitrogen and oxygen atoms in total. The molecule has 13 rings (SSSR count). The number of para-hydroxylation sites is 1. The van der Waals surface area contributed by atoms with Gasteiger partial charge in [0.2, 0.25) is 0 Å². The van der Waals surface area contributed by atoms with Crippen LogP contribution in [0.2, 0.25) is 0 Å². The Kier molecular flexibility index (Phi) is 8.89. The van der Waals surface area contributed by atoms with Gasteiger partial charge in [0.1, 0.15) is 11.2 Å². The van der Waals surface area contributed by atoms with Crippen LogP contribution < -0.4 is 4.90 Å². The first kappa shape index (κ1) is 37.8. The topological polar surface area (TPSA) is 16.4 Å². The fraction of sp³-hybridized carbons (Fsp3) is 0. The van der Waals surface area contributed by atoms with E-state index in [1.807, 2.05) is 0 Å². The number of rotatable bonds is 7. The number of hydrogen-bond donors (Lipinski definition) is 0. The highest BCUT2D eigenvalue weighted by atomic mass is 16.3. The minimum absolute atomic E-state index is 0.877. The summed E-state index contributed by atoms with van der Waals surface area (Å²) in [6.45, 7) is 0. The molecule has 12 aromatic carbocycles. The van der Waals surface area contributed by atoms with E-state index in [-0.39, 0.29) is 0 Å². The third kappa shape index (κ3) is 6.18. The lowest BCUT2D eigenvalue weighted by molar-refractivity contribution is 0.673. The van der Waals surface area contributed by atoms with E-state index in [0.29, 0.717) is 0 Å². The SMILES string of the molecule is c1ccc(-c2c(-c3ccccc3)c3cc(-c4cccc(N(c5ccc6ccccc6c5)c5ccccc5-c5cccc6oc7c8ccccc8ccc7c56)c4)ccc3c3ccccc23)cc1. The molecule has 0 unspecified atom stereocenters. The molecule has 2 heteroatoms. The van der Waals surface area contributed by atoms with E-state index in [1.165, 1.54) is 60.0 Å². The van der Waals surface area contributed by atoms with Crippen LogP contribution in [0.15, 0.2) is 253 Å². The maximum absolute atomic E-state index is 6.72. The van der Waals surface area contributed by atoms with Crippen molar-refractivity contribution in [3.8, 4) is 44.5 Å². The Morgan fingerprint density at radius 3 is 1.67 bits per heavy atom. The quantitative estimate of drug-likeness (QED) is 0.149. The molecule has 1 heterocycles. The van der Waals surface area contributed by atoms with Gasteiger partial charge in [0, 0.05) is 33.1 Å². The fourth-order valence-electron chi connectivity index (χ4n) is 10.4. The molecule has 13 aromatic rings. The molecule has 0 bridgehead atoms. The lowest BCUT2D eigenvalue weighted by Gasteiger charge is -2.29. The molecule has 0 saturated heterocycles. The molecule has 0 spiro atoms. The normalized spacial score (nSPS) is 11.6. The summed E-state index contributed by atoms with van der Waals surface area (Å²) in [6.07, 6.45) is 0. The van der Waals surface area contributed by atoms with Crippen LogP contribution in [0.4, 0.5) is 17.1 Å². The van der Waals surface area contributed by atoms with Crippen LogP contribution in [0.1, 0.15) is 0 Å². The Morgan fingerprint density at radius 1 is 0.288 bits per heavy atom. The van der Waals surface area contributed by atoms with Crippen LogP contribution in [0.25, 0.3) is 110 Å². The summed E-state index contributed by atoms with van der Waals surface area (Å²) in [6, 6.07) is 90.3. The molecule has 0 amide bonds. The summed E-state index contributed by atoms with van der Waals surface area (Å²) in [7, 11) is 0. The molecule has 0 aliphatic heterocycles. The van der Waals surface area contributed by atoms with E-state index in [4.69, 9.17) is 4.42 Å². The lowest BCUT2D eigenvalue weighted by Crippen LogP contribution is -2.11. The van der Waals surface area contributed by atoms with Gasteiger partial charge < -0.3 is 9.32 Å². The van der Waals surface area contributed by atoms with Crippen LogP contribution in [0.5, 0.6) is 0 Å². The zero-order chi connectivity index (χ0) is 43.6. The van der Waals surface area contributed by atoms with Gasteiger partial charge in [0.05, 0.1) is 5.69 Å². The molecule has 0 aliphatic carbocycles. The minimum atomic E-state index is 0.877. The molecule has 0 atom stereocenters. The summed E-state index contributed by atoms with van der Waals surface area (Å²) in [5.41, 5.74) is 14.5. The van der Waals surface area contributed by atoms with E-state index < -0.39 is 0 Å². The third-order valence-corrected chi connectivity index (χ3v) is 13.4. The maximum Gasteiger partial charge on any atom is 0.143 e. The molecule has 0 fully saturated rings. The Bertz CT molecular complexity index is 4000. The van der Waals surface area contributed by atoms with Gasteiger partial charge in [-0.25, -0.2) is 0 Å². The molecule has 66 heavy (non-hydrogen) atoms. The number of fused-ring (bicyclic) bond motifs is 9. The second kappa shape index (κ2) is 15.5. The number of benzene rings is 12. The molecule has 0 saturated carbocycles. The standard InChI is InChI=1S/C64H41NO/c1-3-19-44(20-4-1)61-55-29-12-11-27-52(55)53-37-35-48(41-58(53)62(61)45-21-5-2-6-22-45)47-24-15-25-49(40-47)65(50-36-33-42-17-7-8-23-46(42)39-50)59-31-14-13-28-54(59)56-30-16-32-60-63(56)57-38-34-43-18-9-10-26-51(43)64(57)66-60/h1-41H. The molecule has 0 aliphatic rings. The highest BCUT2D eigenvalue weighted by molar-refractivity contribution is 6.23. The average molecular weight is 840 g/mol. The second-order valence-corrected chi connectivity index (χ2v) is 17.2. The Morgan fingerprint density at radius 2 is 0.848 bits per heavy atom. The zero-order valence-corrected chi connectivity index (χ0v) is 36.0. The van der Waals surface area contributed by atoms with E-state index in [2.05, 4.69) is 254 Å². The van der Waals surface area contributed by atoms with Gasteiger partial charge in [-0.15, -0.1) is 0 Å². The first-order valence-electron chi connectivity index (χ1n) is 22.7. The van der Waals surface area contributed by atoms with Crippen molar-refractivity contribution >= 4 is 82.1 Å². The number of nitrogens with zero attached hydrogens (tertiary/aromatic N) is 1. The first-order valence-corrected chi connectivity index (χ1v) is 22.7. The lowest BCUT2D eigenvalue weighted by atomic mass is 9.84. The summed E-state index contributed by atoms with van der Waals surface area (Å²) in [5.74, 6) is 0. The highest BCUT2D eigenvalue weighted by Gasteiger charge is 2.23. The first-order chi connectivity index (χ1) is 32.7.